The summed E-state index contributed by atoms with van der Waals surface area (Å²) in [4.78, 5) is 0. The van der Waals surface area contributed by atoms with Crippen LogP contribution in [0.2, 0.25) is 0 Å². The lowest BCUT2D eigenvalue weighted by molar-refractivity contribution is 0.414. The first-order chi connectivity index (χ1) is 7.58. The molecule has 0 aliphatic rings. The van der Waals surface area contributed by atoms with Crippen LogP contribution in [0.3, 0.4) is 0 Å². The molecule has 1 atom stereocenters. The molecule has 1 aromatic carbocycles. The highest BCUT2D eigenvalue weighted by Crippen LogP contribution is 2.25. The van der Waals surface area contributed by atoms with Gasteiger partial charge >= 0.3 is 0 Å². The van der Waals surface area contributed by atoms with E-state index in [1.54, 1.807) is 0 Å². The molecule has 1 nitrogen and oxygen atoms in total. The van der Waals surface area contributed by atoms with Gasteiger partial charge in [-0.25, -0.2) is 0 Å². The summed E-state index contributed by atoms with van der Waals surface area (Å²) in [6.07, 6.45) is 3.57. The van der Waals surface area contributed by atoms with Crippen molar-refractivity contribution in [3.05, 3.63) is 34.9 Å². The van der Waals surface area contributed by atoms with Gasteiger partial charge in [-0.2, -0.15) is 0 Å². The molecule has 0 aromatic heterocycles. The summed E-state index contributed by atoms with van der Waals surface area (Å²) in [6.45, 7) is 8.80. The Morgan fingerprint density at radius 3 is 2.25 bits per heavy atom. The van der Waals surface area contributed by atoms with Crippen molar-refractivity contribution >= 4 is 0 Å². The molecule has 0 saturated heterocycles. The fraction of sp³-hybridized carbons (Fsp3) is 0.600. The molecule has 0 bridgehead atoms. The fourth-order valence-corrected chi connectivity index (χ4v) is 2.35. The number of aryl methyl sites for hydroxylation is 2. The topological polar surface area (TPSA) is 26.0 Å². The first-order valence-corrected chi connectivity index (χ1v) is 6.41. The van der Waals surface area contributed by atoms with Gasteiger partial charge in [-0.05, 0) is 37.3 Å². The molecule has 1 aromatic rings. The molecule has 16 heavy (non-hydrogen) atoms. The van der Waals surface area contributed by atoms with E-state index in [0.717, 1.165) is 12.3 Å². The van der Waals surface area contributed by atoms with Crippen LogP contribution >= 0.6 is 0 Å². The van der Waals surface area contributed by atoms with Crippen LogP contribution in [0.5, 0.6) is 0 Å². The van der Waals surface area contributed by atoms with Gasteiger partial charge < -0.3 is 5.73 Å². The molecule has 0 radical (unpaired) electrons. The lowest BCUT2D eigenvalue weighted by Gasteiger charge is -2.20. The molecule has 90 valence electrons. The van der Waals surface area contributed by atoms with Crippen LogP contribution < -0.4 is 5.73 Å². The molecule has 0 saturated carbocycles. The quantitative estimate of drug-likeness (QED) is 0.791. The Morgan fingerprint density at radius 2 is 1.75 bits per heavy atom. The third kappa shape index (κ3) is 3.34. The maximum absolute atomic E-state index is 6.30. The molecule has 2 N–H and O–H groups in total. The van der Waals surface area contributed by atoms with Crippen molar-refractivity contribution in [1.82, 2.24) is 0 Å². The summed E-state index contributed by atoms with van der Waals surface area (Å²) in [5.74, 6) is 0.760. The molecular formula is C15H25N. The molecule has 1 heteroatoms. The zero-order valence-electron chi connectivity index (χ0n) is 11.1. The van der Waals surface area contributed by atoms with Crippen molar-refractivity contribution in [3.8, 4) is 0 Å². The van der Waals surface area contributed by atoms with Gasteiger partial charge in [0, 0.05) is 6.04 Å². The van der Waals surface area contributed by atoms with E-state index in [1.165, 1.54) is 29.5 Å². The van der Waals surface area contributed by atoms with Crippen LogP contribution in [0.4, 0.5) is 0 Å². The van der Waals surface area contributed by atoms with E-state index >= 15 is 0 Å². The second-order valence-corrected chi connectivity index (χ2v) is 4.88. The molecule has 1 unspecified atom stereocenters. The third-order valence-electron chi connectivity index (χ3n) is 3.57. The molecule has 0 aliphatic heterocycles. The Hall–Kier alpha value is -0.820. The smallest absolute Gasteiger partial charge is 0.0300 e. The van der Waals surface area contributed by atoms with E-state index in [1.807, 2.05) is 0 Å². The summed E-state index contributed by atoms with van der Waals surface area (Å²) in [5, 5.41) is 0. The SMILES string of the molecule is CCC(CC)CC(N)c1ccc(C)cc1C. The highest BCUT2D eigenvalue weighted by molar-refractivity contribution is 5.32. The first kappa shape index (κ1) is 13.2. The fourth-order valence-electron chi connectivity index (χ4n) is 2.35. The molecule has 0 fully saturated rings. The average molecular weight is 219 g/mol. The van der Waals surface area contributed by atoms with Crippen molar-refractivity contribution in [2.75, 3.05) is 0 Å². The van der Waals surface area contributed by atoms with Crippen molar-refractivity contribution in [3.63, 3.8) is 0 Å². The second-order valence-electron chi connectivity index (χ2n) is 4.88. The van der Waals surface area contributed by atoms with Gasteiger partial charge in [0.05, 0.1) is 0 Å². The van der Waals surface area contributed by atoms with Gasteiger partial charge in [-0.1, -0.05) is 50.5 Å². The normalized spacial score (nSPS) is 13.1. The zero-order valence-corrected chi connectivity index (χ0v) is 11.1. The summed E-state index contributed by atoms with van der Waals surface area (Å²) in [5.41, 5.74) is 10.3. The predicted molar refractivity (Wildman–Crippen MR) is 71.5 cm³/mol. The minimum Gasteiger partial charge on any atom is -0.324 e. The van der Waals surface area contributed by atoms with E-state index in [0.29, 0.717) is 0 Å². The Labute approximate surface area is 100 Å². The number of hydrogen-bond donors (Lipinski definition) is 1. The van der Waals surface area contributed by atoms with Crippen LogP contribution in [-0.2, 0) is 0 Å². The van der Waals surface area contributed by atoms with Gasteiger partial charge in [-0.15, -0.1) is 0 Å². The second kappa shape index (κ2) is 6.05. The van der Waals surface area contributed by atoms with E-state index in [-0.39, 0.29) is 6.04 Å². The summed E-state index contributed by atoms with van der Waals surface area (Å²) in [7, 11) is 0. The van der Waals surface area contributed by atoms with Crippen molar-refractivity contribution in [2.45, 2.75) is 53.0 Å². The van der Waals surface area contributed by atoms with Crippen LogP contribution in [0.25, 0.3) is 0 Å². The van der Waals surface area contributed by atoms with Gasteiger partial charge in [0.1, 0.15) is 0 Å². The van der Waals surface area contributed by atoms with Gasteiger partial charge in [0.25, 0.3) is 0 Å². The number of hydrogen-bond acceptors (Lipinski definition) is 1. The van der Waals surface area contributed by atoms with Gasteiger partial charge in [0.15, 0.2) is 0 Å². The number of nitrogens with two attached hydrogens (primary N) is 1. The van der Waals surface area contributed by atoms with E-state index in [2.05, 4.69) is 45.9 Å². The Morgan fingerprint density at radius 1 is 1.12 bits per heavy atom. The van der Waals surface area contributed by atoms with Crippen LogP contribution in [0, 0.1) is 19.8 Å². The predicted octanol–water partition coefficient (Wildman–Crippen LogP) is 4.13. The van der Waals surface area contributed by atoms with Crippen LogP contribution in [-0.4, -0.2) is 0 Å². The lowest BCUT2D eigenvalue weighted by atomic mass is 9.89. The highest BCUT2D eigenvalue weighted by Gasteiger charge is 2.13. The zero-order chi connectivity index (χ0) is 12.1. The van der Waals surface area contributed by atoms with Crippen molar-refractivity contribution < 1.29 is 0 Å². The maximum Gasteiger partial charge on any atom is 0.0300 e. The molecule has 0 spiro atoms. The number of benzene rings is 1. The Bertz CT molecular complexity index is 326. The molecule has 1 rings (SSSR count). The van der Waals surface area contributed by atoms with Crippen LogP contribution in [0.15, 0.2) is 18.2 Å². The average Bonchev–Trinajstić information content (AvgIpc) is 2.25. The molecule has 0 heterocycles. The maximum atomic E-state index is 6.30. The van der Waals surface area contributed by atoms with E-state index in [9.17, 15) is 0 Å². The van der Waals surface area contributed by atoms with Crippen LogP contribution in [0.1, 0.15) is 55.8 Å². The lowest BCUT2D eigenvalue weighted by Crippen LogP contribution is -2.16. The highest BCUT2D eigenvalue weighted by atomic mass is 14.6. The van der Waals surface area contributed by atoms with Crippen molar-refractivity contribution in [1.29, 1.82) is 0 Å². The first-order valence-electron chi connectivity index (χ1n) is 6.41. The Kier molecular flexibility index (Phi) is 5.01. The monoisotopic (exact) mass is 219 g/mol. The molecular weight excluding hydrogens is 194 g/mol. The van der Waals surface area contributed by atoms with E-state index in [4.69, 9.17) is 5.73 Å². The summed E-state index contributed by atoms with van der Waals surface area (Å²) in [6, 6.07) is 6.78. The molecule has 0 amide bonds. The van der Waals surface area contributed by atoms with E-state index < -0.39 is 0 Å². The van der Waals surface area contributed by atoms with Gasteiger partial charge in [0.2, 0.25) is 0 Å². The minimum atomic E-state index is 0.200. The largest absolute Gasteiger partial charge is 0.324 e. The number of rotatable bonds is 5. The minimum absolute atomic E-state index is 0.200. The standard InChI is InChI=1S/C15H25N/c1-5-13(6-2)10-15(16)14-8-7-11(3)9-12(14)4/h7-9,13,15H,5-6,10,16H2,1-4H3. The van der Waals surface area contributed by atoms with Gasteiger partial charge in [-0.3, -0.25) is 0 Å². The summed E-state index contributed by atoms with van der Waals surface area (Å²) < 4.78 is 0. The molecule has 0 aliphatic carbocycles. The van der Waals surface area contributed by atoms with Crippen molar-refractivity contribution in [2.24, 2.45) is 11.7 Å². The summed E-state index contributed by atoms with van der Waals surface area (Å²) >= 11 is 0. The Balaban J connectivity index is 2.76. The third-order valence-corrected chi connectivity index (χ3v) is 3.57.